The van der Waals surface area contributed by atoms with E-state index in [9.17, 15) is 0 Å². The van der Waals surface area contributed by atoms with E-state index in [0.717, 1.165) is 26.4 Å². The summed E-state index contributed by atoms with van der Waals surface area (Å²) in [5.41, 5.74) is 0. The first-order chi connectivity index (χ1) is 16.4. The van der Waals surface area contributed by atoms with Crippen molar-refractivity contribution in [3.63, 3.8) is 0 Å². The van der Waals surface area contributed by atoms with Gasteiger partial charge in [-0.1, -0.05) is 0 Å². The second kappa shape index (κ2) is 156. The molecule has 2 unspecified atom stereocenters. The van der Waals surface area contributed by atoms with Crippen LogP contribution in [-0.2, 0) is 14.2 Å². The molecule has 0 aliphatic carbocycles. The van der Waals surface area contributed by atoms with Crippen LogP contribution in [0, 0.1) is 0 Å². The van der Waals surface area contributed by atoms with Crippen molar-refractivity contribution in [3.8, 4) is 0 Å². The molecule has 0 aromatic carbocycles. The van der Waals surface area contributed by atoms with Gasteiger partial charge in [0.05, 0.1) is 39.6 Å². The van der Waals surface area contributed by atoms with Crippen LogP contribution in [0.5, 0.6) is 0 Å². The molecule has 5 heteroatoms. The summed E-state index contributed by atoms with van der Waals surface area (Å²) < 4.78 is 15.1. The van der Waals surface area contributed by atoms with E-state index in [1.165, 1.54) is 0 Å². The van der Waals surface area contributed by atoms with Gasteiger partial charge in [0.1, 0.15) is 12.2 Å². The van der Waals surface area contributed by atoms with Crippen molar-refractivity contribution in [2.45, 2.75) is 12.2 Å². The van der Waals surface area contributed by atoms with Gasteiger partial charge in [0.25, 0.3) is 0 Å². The number of hydrogen-bond donors (Lipinski definition) is 2. The summed E-state index contributed by atoms with van der Waals surface area (Å²) in [5, 5.41) is 15.2. The molecule has 2 atom stereocenters. The maximum atomic E-state index is 7.62. The number of aliphatic hydroxyl groups is 2. The van der Waals surface area contributed by atoms with Crippen LogP contribution >= 0.6 is 0 Å². The van der Waals surface area contributed by atoms with Crippen molar-refractivity contribution in [2.75, 3.05) is 39.6 Å². The maximum absolute atomic E-state index is 7.62. The van der Waals surface area contributed by atoms with Crippen LogP contribution in [-0.4, -0.2) is 62.1 Å². The lowest BCUT2D eigenvalue weighted by Gasteiger charge is -1.95. The van der Waals surface area contributed by atoms with E-state index in [0.29, 0.717) is 12.2 Å². The number of rotatable bonds is 5. The summed E-state index contributed by atoms with van der Waals surface area (Å²) in [6.07, 6.45) is 0.785. The van der Waals surface area contributed by atoms with E-state index in [-0.39, 0.29) is 13.2 Å². The third-order valence-corrected chi connectivity index (χ3v) is 1.51. The minimum Gasteiger partial charge on any atom is -0.394 e. The van der Waals surface area contributed by atoms with Crippen molar-refractivity contribution in [1.29, 1.82) is 0 Å². The molecule has 0 aromatic heterocycles. The second-order valence-electron chi connectivity index (χ2n) is 2.90. The van der Waals surface area contributed by atoms with Gasteiger partial charge in [-0.25, -0.2) is 0 Å². The van der Waals surface area contributed by atoms with Crippen molar-refractivity contribution < 1.29 is 24.4 Å². The molecule has 0 saturated carbocycles. The van der Waals surface area contributed by atoms with Crippen LogP contribution in [0.4, 0.5) is 0 Å². The maximum Gasteiger partial charge on any atom is 0.104 e. The lowest BCUT2D eigenvalue weighted by Crippen LogP contribution is -2.06. The van der Waals surface area contributed by atoms with Crippen LogP contribution in [0.2, 0.25) is 0 Å². The van der Waals surface area contributed by atoms with Crippen LogP contribution in [0.1, 0.15) is 0 Å². The Morgan fingerprint density at radius 3 is 0.697 bits per heavy atom. The van der Waals surface area contributed by atoms with Crippen molar-refractivity contribution >= 4 is 0 Å². The van der Waals surface area contributed by atoms with Gasteiger partial charge in [-0.3, -0.25) is 0 Å². The Balaban J connectivity index is -0.0000000242. The molecule has 0 radical (unpaired) electrons. The van der Waals surface area contributed by atoms with Crippen molar-refractivity contribution in [2.24, 2.45) is 0 Å². The highest BCUT2D eigenvalue weighted by molar-refractivity contribution is 4.71. The Morgan fingerprint density at radius 1 is 0.455 bits per heavy atom. The zero-order valence-corrected chi connectivity index (χ0v) is 21.7. The van der Waals surface area contributed by atoms with E-state index in [1.54, 1.807) is 0 Å². The first-order valence-electron chi connectivity index (χ1n) is 9.39. The molecule has 0 aromatic rings. The highest BCUT2D eigenvalue weighted by atomic mass is 16.6. The molecule has 0 spiro atoms. The van der Waals surface area contributed by atoms with Gasteiger partial charge in [-0.15, -0.1) is 132 Å². The number of aliphatic hydroxyl groups excluding tert-OH is 2. The van der Waals surface area contributed by atoms with Gasteiger partial charge in [-0.2, -0.15) is 0 Å². The molecule has 0 amide bonds. The Morgan fingerprint density at radius 2 is 0.606 bits per heavy atom. The van der Waals surface area contributed by atoms with Crippen molar-refractivity contribution in [1.82, 2.24) is 0 Å². The van der Waals surface area contributed by atoms with Gasteiger partial charge in [0, 0.05) is 0 Å². The molecule has 2 heterocycles. The molecule has 2 aliphatic heterocycles. The predicted molar refractivity (Wildman–Crippen MR) is 157 cm³/mol. The molecule has 2 aliphatic rings. The summed E-state index contributed by atoms with van der Waals surface area (Å²) in [4.78, 5) is 0. The smallest absolute Gasteiger partial charge is 0.104 e. The predicted octanol–water partition coefficient (Wildman–Crippen LogP) is 6.79. The summed E-state index contributed by atoms with van der Waals surface area (Å²) in [7, 11) is 0. The van der Waals surface area contributed by atoms with Crippen LogP contribution in [0.25, 0.3) is 0 Å². The minimum absolute atomic E-state index is 0.125. The number of hydrogen-bond acceptors (Lipinski definition) is 5. The topological polar surface area (TPSA) is 74.8 Å². The van der Waals surface area contributed by atoms with E-state index < -0.39 is 0 Å². The summed E-state index contributed by atoms with van der Waals surface area (Å²) >= 11 is 0. The average molecular weight is 473 g/mol. The standard InChI is InChI=1S/C6H10O3.C2H6O2.10C2H4/c1(5-3-8-5)7-2-6-4-9-6;3-1-2-4;10*1-2/h5-6H,1-4H2;3-4H,1-2H2;10*1-2H2. The molecule has 198 valence electrons. The van der Waals surface area contributed by atoms with Gasteiger partial charge in [0.2, 0.25) is 0 Å². The molecular weight excluding hydrogens is 416 g/mol. The minimum atomic E-state index is -0.125. The molecule has 2 saturated heterocycles. The Labute approximate surface area is 208 Å². The monoisotopic (exact) mass is 472 g/mol. The van der Waals surface area contributed by atoms with Crippen LogP contribution in [0.3, 0.4) is 0 Å². The Hall–Kier alpha value is -2.80. The summed E-state index contributed by atoms with van der Waals surface area (Å²) in [6, 6.07) is 0. The van der Waals surface area contributed by atoms with Gasteiger partial charge < -0.3 is 24.4 Å². The number of epoxide rings is 2. The molecule has 33 heavy (non-hydrogen) atoms. The SMILES string of the molecule is C(OCC1CO1)C1CO1.C=C.C=C.C=C.C=C.C=C.C=C.C=C.C=C.C=C.C=C.OCCO. The first kappa shape index (κ1) is 63.1. The van der Waals surface area contributed by atoms with E-state index in [1.807, 2.05) is 0 Å². The molecule has 2 fully saturated rings. The highest BCUT2D eigenvalue weighted by Crippen LogP contribution is 2.12. The lowest BCUT2D eigenvalue weighted by molar-refractivity contribution is 0.102. The van der Waals surface area contributed by atoms with Gasteiger partial charge >= 0.3 is 0 Å². The molecule has 2 rings (SSSR count). The zero-order chi connectivity index (χ0) is 29.5. The third kappa shape index (κ3) is 208. The molecule has 0 bridgehead atoms. The van der Waals surface area contributed by atoms with Crippen molar-refractivity contribution in [3.05, 3.63) is 132 Å². The Kier molecular flexibility index (Phi) is 298. The lowest BCUT2D eigenvalue weighted by atomic mass is 10.5. The fourth-order valence-electron chi connectivity index (χ4n) is 0.659. The van der Waals surface area contributed by atoms with Crippen LogP contribution < -0.4 is 0 Å². The van der Waals surface area contributed by atoms with Gasteiger partial charge in [-0.05, 0) is 0 Å². The summed E-state index contributed by atoms with van der Waals surface area (Å²) in [6.45, 7) is 63.0. The Bertz CT molecular complexity index is 197. The third-order valence-electron chi connectivity index (χ3n) is 1.51. The van der Waals surface area contributed by atoms with E-state index >= 15 is 0 Å². The number of ether oxygens (including phenoxy) is 3. The largest absolute Gasteiger partial charge is 0.394 e. The zero-order valence-electron chi connectivity index (χ0n) is 21.7. The van der Waals surface area contributed by atoms with E-state index in [4.69, 9.17) is 24.4 Å². The second-order valence-corrected chi connectivity index (χ2v) is 2.90. The molecule has 2 N–H and O–H groups in total. The fraction of sp³-hybridized carbons (Fsp3) is 0.286. The van der Waals surface area contributed by atoms with Gasteiger partial charge in [0.15, 0.2) is 0 Å². The highest BCUT2D eigenvalue weighted by Gasteiger charge is 2.26. The summed E-state index contributed by atoms with van der Waals surface area (Å²) in [5.74, 6) is 0. The normalized spacial score (nSPS) is 12.7. The van der Waals surface area contributed by atoms with Crippen LogP contribution in [0.15, 0.2) is 132 Å². The molecular formula is C28H56O5. The fourth-order valence-corrected chi connectivity index (χ4v) is 0.659. The molecule has 5 nitrogen and oxygen atoms in total. The quantitative estimate of drug-likeness (QED) is 0.340. The average Bonchev–Trinajstić information content (AvgIpc) is 3.93. The van der Waals surface area contributed by atoms with E-state index in [2.05, 4.69) is 132 Å². The first-order valence-corrected chi connectivity index (χ1v) is 9.39.